The fourth-order valence-corrected chi connectivity index (χ4v) is 2.34. The molecule has 1 rings (SSSR count). The van der Waals surface area contributed by atoms with Crippen LogP contribution in [0, 0.1) is 10.1 Å². The van der Waals surface area contributed by atoms with Crippen molar-refractivity contribution in [2.75, 3.05) is 5.32 Å². The lowest BCUT2D eigenvalue weighted by molar-refractivity contribution is -0.384. The first-order chi connectivity index (χ1) is 10.5. The Morgan fingerprint density at radius 2 is 1.82 bits per heavy atom. The Hall–Kier alpha value is -1.62. The average Bonchev–Trinajstić information content (AvgIpc) is 2.48. The lowest BCUT2D eigenvalue weighted by Crippen LogP contribution is -2.11. The van der Waals surface area contributed by atoms with Gasteiger partial charge in [-0.15, -0.1) is 0 Å². The molecule has 0 aliphatic rings. The lowest BCUT2D eigenvalue weighted by Gasteiger charge is -2.07. The van der Waals surface area contributed by atoms with Crippen LogP contribution < -0.4 is 5.32 Å². The van der Waals surface area contributed by atoms with Gasteiger partial charge in [-0.05, 0) is 12.5 Å². The van der Waals surface area contributed by atoms with Crippen molar-refractivity contribution in [2.45, 2.75) is 58.3 Å². The van der Waals surface area contributed by atoms with E-state index in [4.69, 9.17) is 11.6 Å². The van der Waals surface area contributed by atoms with Gasteiger partial charge in [-0.3, -0.25) is 14.9 Å². The van der Waals surface area contributed by atoms with Crippen LogP contribution in [0.25, 0.3) is 0 Å². The maximum atomic E-state index is 11.8. The number of carbonyl (C=O) groups is 1. The van der Waals surface area contributed by atoms with Crippen molar-refractivity contribution in [3.05, 3.63) is 33.3 Å². The molecule has 0 bridgehead atoms. The number of nitro groups is 1. The highest BCUT2D eigenvalue weighted by Crippen LogP contribution is 2.26. The van der Waals surface area contributed by atoms with Gasteiger partial charge >= 0.3 is 0 Å². The van der Waals surface area contributed by atoms with Gasteiger partial charge in [0, 0.05) is 18.6 Å². The number of hydrogen-bond acceptors (Lipinski definition) is 3. The number of non-ortho nitro benzene ring substituents is 1. The number of benzene rings is 1. The van der Waals surface area contributed by atoms with E-state index in [0.29, 0.717) is 17.1 Å². The largest absolute Gasteiger partial charge is 0.325 e. The molecule has 1 aromatic rings. The maximum absolute atomic E-state index is 11.8. The Morgan fingerprint density at radius 3 is 2.45 bits per heavy atom. The summed E-state index contributed by atoms with van der Waals surface area (Å²) in [6.07, 6.45) is 8.37. The molecule has 0 radical (unpaired) electrons. The van der Waals surface area contributed by atoms with Gasteiger partial charge in [-0.1, -0.05) is 57.0 Å². The number of nitro benzene ring substituents is 1. The molecule has 0 spiro atoms. The van der Waals surface area contributed by atoms with Crippen molar-refractivity contribution in [1.82, 2.24) is 0 Å². The van der Waals surface area contributed by atoms with E-state index >= 15 is 0 Å². The second kappa shape index (κ2) is 10.2. The summed E-state index contributed by atoms with van der Waals surface area (Å²) in [5, 5.41) is 13.7. The van der Waals surface area contributed by atoms with Crippen LogP contribution in [0.2, 0.25) is 5.02 Å². The fraction of sp³-hybridized carbons (Fsp3) is 0.562. The highest BCUT2D eigenvalue weighted by molar-refractivity contribution is 6.33. The number of amides is 1. The number of nitrogens with one attached hydrogen (secondary N) is 1. The number of anilines is 1. The second-order valence-corrected chi connectivity index (χ2v) is 5.75. The van der Waals surface area contributed by atoms with Gasteiger partial charge in [0.15, 0.2) is 0 Å². The van der Waals surface area contributed by atoms with Crippen molar-refractivity contribution in [3.8, 4) is 0 Å². The van der Waals surface area contributed by atoms with Crippen LogP contribution in [-0.2, 0) is 4.79 Å². The van der Waals surface area contributed by atoms with E-state index in [9.17, 15) is 14.9 Å². The summed E-state index contributed by atoms with van der Waals surface area (Å²) < 4.78 is 0. The zero-order valence-corrected chi connectivity index (χ0v) is 13.7. The Balaban J connectivity index is 2.33. The topological polar surface area (TPSA) is 72.2 Å². The van der Waals surface area contributed by atoms with Crippen LogP contribution in [0.3, 0.4) is 0 Å². The van der Waals surface area contributed by atoms with Crippen molar-refractivity contribution in [2.24, 2.45) is 0 Å². The van der Waals surface area contributed by atoms with Crippen LogP contribution in [0.5, 0.6) is 0 Å². The zero-order valence-electron chi connectivity index (χ0n) is 12.9. The van der Waals surface area contributed by atoms with E-state index in [1.54, 1.807) is 0 Å². The van der Waals surface area contributed by atoms with Gasteiger partial charge < -0.3 is 5.32 Å². The van der Waals surface area contributed by atoms with E-state index < -0.39 is 4.92 Å². The third-order valence-electron chi connectivity index (χ3n) is 3.44. The summed E-state index contributed by atoms with van der Waals surface area (Å²) >= 11 is 5.94. The first kappa shape index (κ1) is 18.4. The Kier molecular flexibility index (Phi) is 8.51. The molecular weight excluding hydrogens is 304 g/mol. The van der Waals surface area contributed by atoms with Gasteiger partial charge in [0.25, 0.3) is 5.69 Å². The van der Waals surface area contributed by atoms with Crippen LogP contribution in [0.15, 0.2) is 18.2 Å². The number of unbranched alkanes of at least 4 members (excludes halogenated alkanes) is 6. The monoisotopic (exact) mass is 326 g/mol. The van der Waals surface area contributed by atoms with Gasteiger partial charge in [0.05, 0.1) is 15.6 Å². The van der Waals surface area contributed by atoms with Gasteiger partial charge in [-0.25, -0.2) is 0 Å². The first-order valence-corrected chi connectivity index (χ1v) is 8.16. The minimum atomic E-state index is -0.512. The molecule has 0 saturated carbocycles. The standard InChI is InChI=1S/C16H23ClN2O3/c1-2-3-4-5-6-7-8-9-16(20)18-15-12-13(19(21)22)10-11-14(15)17/h10-12H,2-9H2,1H3,(H,18,20). The summed E-state index contributed by atoms with van der Waals surface area (Å²) in [4.78, 5) is 22.0. The highest BCUT2D eigenvalue weighted by atomic mass is 35.5. The maximum Gasteiger partial charge on any atom is 0.271 e. The van der Waals surface area contributed by atoms with Crippen LogP contribution >= 0.6 is 11.6 Å². The highest BCUT2D eigenvalue weighted by Gasteiger charge is 2.11. The molecule has 1 amide bonds. The molecule has 1 aromatic carbocycles. The molecule has 1 N–H and O–H groups in total. The minimum Gasteiger partial charge on any atom is -0.325 e. The predicted octanol–water partition coefficient (Wildman–Crippen LogP) is 5.33. The van der Waals surface area contributed by atoms with Gasteiger partial charge in [0.2, 0.25) is 5.91 Å². The Bertz CT molecular complexity index is 506. The van der Waals surface area contributed by atoms with Crippen LogP contribution in [0.1, 0.15) is 58.3 Å². The summed E-state index contributed by atoms with van der Waals surface area (Å²) in [6, 6.07) is 4.02. The molecule has 0 saturated heterocycles. The summed E-state index contributed by atoms with van der Waals surface area (Å²) in [7, 11) is 0. The van der Waals surface area contributed by atoms with E-state index in [2.05, 4.69) is 12.2 Å². The summed E-state index contributed by atoms with van der Waals surface area (Å²) in [5.41, 5.74) is 0.208. The van der Waals surface area contributed by atoms with E-state index in [1.807, 2.05) is 0 Å². The molecule has 0 heterocycles. The van der Waals surface area contributed by atoms with Crippen molar-refractivity contribution >= 4 is 28.9 Å². The number of halogens is 1. The number of rotatable bonds is 10. The quantitative estimate of drug-likeness (QED) is 0.359. The number of hydrogen-bond donors (Lipinski definition) is 1. The van der Waals surface area contributed by atoms with E-state index in [-0.39, 0.29) is 11.6 Å². The summed E-state index contributed by atoms with van der Waals surface area (Å²) in [5.74, 6) is -0.157. The predicted molar refractivity (Wildman–Crippen MR) is 89.3 cm³/mol. The minimum absolute atomic E-state index is 0.0874. The lowest BCUT2D eigenvalue weighted by atomic mass is 10.1. The number of carbonyl (C=O) groups excluding carboxylic acids is 1. The van der Waals surface area contributed by atoms with E-state index in [0.717, 1.165) is 19.3 Å². The third-order valence-corrected chi connectivity index (χ3v) is 3.77. The smallest absolute Gasteiger partial charge is 0.271 e. The normalized spacial score (nSPS) is 10.5. The Labute approximate surface area is 136 Å². The van der Waals surface area contributed by atoms with Gasteiger partial charge in [-0.2, -0.15) is 0 Å². The van der Waals surface area contributed by atoms with Crippen molar-refractivity contribution in [3.63, 3.8) is 0 Å². The fourth-order valence-electron chi connectivity index (χ4n) is 2.18. The second-order valence-electron chi connectivity index (χ2n) is 5.34. The van der Waals surface area contributed by atoms with Gasteiger partial charge in [0.1, 0.15) is 0 Å². The molecule has 0 aliphatic heterocycles. The molecular formula is C16H23ClN2O3. The van der Waals surface area contributed by atoms with Crippen molar-refractivity contribution < 1.29 is 9.72 Å². The molecule has 0 atom stereocenters. The Morgan fingerprint density at radius 1 is 1.18 bits per heavy atom. The van der Waals surface area contributed by atoms with Crippen molar-refractivity contribution in [1.29, 1.82) is 0 Å². The average molecular weight is 327 g/mol. The molecule has 22 heavy (non-hydrogen) atoms. The molecule has 5 nitrogen and oxygen atoms in total. The van der Waals surface area contributed by atoms with Crippen LogP contribution in [0.4, 0.5) is 11.4 Å². The molecule has 0 aromatic heterocycles. The molecule has 0 aliphatic carbocycles. The molecule has 6 heteroatoms. The first-order valence-electron chi connectivity index (χ1n) is 7.78. The SMILES string of the molecule is CCCCCCCCCC(=O)Nc1cc([N+](=O)[O-])ccc1Cl. The van der Waals surface area contributed by atoms with Crippen LogP contribution in [-0.4, -0.2) is 10.8 Å². The zero-order chi connectivity index (χ0) is 16.4. The molecule has 122 valence electrons. The third kappa shape index (κ3) is 6.89. The van der Waals surface area contributed by atoms with E-state index in [1.165, 1.54) is 43.9 Å². The molecule has 0 unspecified atom stereocenters. The molecule has 0 fully saturated rings. The number of nitrogens with zero attached hydrogens (tertiary/aromatic N) is 1. The summed E-state index contributed by atoms with van der Waals surface area (Å²) in [6.45, 7) is 2.18.